The van der Waals surface area contributed by atoms with E-state index in [9.17, 15) is 8.42 Å². The predicted molar refractivity (Wildman–Crippen MR) is 49.2 cm³/mol. The highest BCUT2D eigenvalue weighted by atomic mass is 32.2. The minimum absolute atomic E-state index is 0.0345. The third-order valence-electron chi connectivity index (χ3n) is 2.16. The maximum absolute atomic E-state index is 11.5. The molecular formula is C7H15NO5S. The van der Waals surface area contributed by atoms with Gasteiger partial charge in [-0.15, -0.1) is 0 Å². The predicted octanol–water partition coefficient (Wildman–Crippen LogP) is -2.00. The van der Waals surface area contributed by atoms with Gasteiger partial charge in [-0.3, -0.25) is 0 Å². The van der Waals surface area contributed by atoms with E-state index in [2.05, 4.69) is 4.74 Å². The van der Waals surface area contributed by atoms with Crippen LogP contribution in [0.1, 0.15) is 0 Å². The van der Waals surface area contributed by atoms with E-state index in [1.807, 2.05) is 0 Å². The third kappa shape index (κ3) is 2.64. The van der Waals surface area contributed by atoms with Crippen LogP contribution in [0.15, 0.2) is 0 Å². The average Bonchev–Trinajstić information content (AvgIpc) is 2.45. The molecule has 0 aliphatic carbocycles. The zero-order valence-electron chi connectivity index (χ0n) is 7.96. The van der Waals surface area contributed by atoms with Crippen LogP contribution in [0.4, 0.5) is 0 Å². The number of aliphatic hydroxyl groups is 2. The Bertz CT molecular complexity index is 268. The summed E-state index contributed by atoms with van der Waals surface area (Å²) in [7, 11) is -1.98. The fourth-order valence-corrected chi connectivity index (χ4v) is 2.68. The van der Waals surface area contributed by atoms with Crippen molar-refractivity contribution in [1.82, 2.24) is 4.31 Å². The van der Waals surface area contributed by atoms with Crippen LogP contribution in [0.2, 0.25) is 0 Å². The number of hydrogen-bond acceptors (Lipinski definition) is 5. The van der Waals surface area contributed by atoms with E-state index >= 15 is 0 Å². The van der Waals surface area contributed by atoms with E-state index in [1.54, 1.807) is 0 Å². The van der Waals surface area contributed by atoms with E-state index < -0.39 is 22.2 Å². The van der Waals surface area contributed by atoms with Crippen molar-refractivity contribution in [1.29, 1.82) is 0 Å². The summed E-state index contributed by atoms with van der Waals surface area (Å²) in [5.41, 5.74) is 0. The molecule has 6 nitrogen and oxygen atoms in total. The summed E-state index contributed by atoms with van der Waals surface area (Å²) in [6.07, 6.45) is -1.96. The Balaban J connectivity index is 2.57. The molecular weight excluding hydrogens is 210 g/mol. The lowest BCUT2D eigenvalue weighted by Gasteiger charge is -2.14. The molecule has 14 heavy (non-hydrogen) atoms. The molecule has 0 bridgehead atoms. The second-order valence-electron chi connectivity index (χ2n) is 3.26. The van der Waals surface area contributed by atoms with Crippen molar-refractivity contribution >= 4 is 10.0 Å². The molecule has 0 aromatic carbocycles. The van der Waals surface area contributed by atoms with Crippen molar-refractivity contribution in [3.8, 4) is 0 Å². The lowest BCUT2D eigenvalue weighted by Crippen LogP contribution is -2.33. The third-order valence-corrected chi connectivity index (χ3v) is 3.93. The van der Waals surface area contributed by atoms with Crippen LogP contribution in [0.25, 0.3) is 0 Å². The summed E-state index contributed by atoms with van der Waals surface area (Å²) in [5.74, 6) is -0.122. The highest BCUT2D eigenvalue weighted by Gasteiger charge is 2.36. The second kappa shape index (κ2) is 4.54. The van der Waals surface area contributed by atoms with E-state index in [4.69, 9.17) is 10.2 Å². The molecule has 1 aliphatic rings. The topological polar surface area (TPSA) is 87.1 Å². The summed E-state index contributed by atoms with van der Waals surface area (Å²) < 4.78 is 28.8. The number of sulfonamides is 1. The Morgan fingerprint density at radius 2 is 1.86 bits per heavy atom. The van der Waals surface area contributed by atoms with Crippen LogP contribution in [0.5, 0.6) is 0 Å². The minimum atomic E-state index is -3.40. The Hall–Kier alpha value is -0.210. The Kier molecular flexibility index (Phi) is 3.85. The summed E-state index contributed by atoms with van der Waals surface area (Å²) in [4.78, 5) is 0. The number of rotatable bonds is 4. The van der Waals surface area contributed by atoms with Gasteiger partial charge in [0.2, 0.25) is 10.0 Å². The number of aliphatic hydroxyl groups excluding tert-OH is 2. The van der Waals surface area contributed by atoms with Gasteiger partial charge >= 0.3 is 0 Å². The molecule has 0 aromatic rings. The number of β-amino-alcohol motifs (C(OH)–C–C–N with tert-alkyl or cyclic N) is 2. The average molecular weight is 225 g/mol. The lowest BCUT2D eigenvalue weighted by atomic mass is 10.3. The van der Waals surface area contributed by atoms with Crippen LogP contribution in [0, 0.1) is 0 Å². The minimum Gasteiger partial charge on any atom is -0.389 e. The summed E-state index contributed by atoms with van der Waals surface area (Å²) in [6, 6.07) is 0. The zero-order valence-corrected chi connectivity index (χ0v) is 8.77. The summed E-state index contributed by atoms with van der Waals surface area (Å²) in [6.45, 7) is 0.0471. The van der Waals surface area contributed by atoms with Gasteiger partial charge in [0.05, 0.1) is 24.6 Å². The normalized spacial score (nSPS) is 29.6. The fourth-order valence-electron chi connectivity index (χ4n) is 1.28. The molecule has 84 valence electrons. The van der Waals surface area contributed by atoms with E-state index in [1.165, 1.54) is 7.11 Å². The first-order valence-corrected chi connectivity index (χ1v) is 5.91. The smallest absolute Gasteiger partial charge is 0.216 e. The standard InChI is InChI=1S/C7H15NO5S/c1-13-2-3-14(11,12)8-4-6(9)7(10)5-8/h6-7,9-10H,2-5H2,1H3. The maximum Gasteiger partial charge on any atom is 0.216 e. The molecule has 2 unspecified atom stereocenters. The SMILES string of the molecule is COCCS(=O)(=O)N1CC(O)C(O)C1. The zero-order chi connectivity index (χ0) is 10.8. The van der Waals surface area contributed by atoms with Crippen molar-refractivity contribution in [3.05, 3.63) is 0 Å². The molecule has 0 amide bonds. The van der Waals surface area contributed by atoms with E-state index in [0.29, 0.717) is 0 Å². The van der Waals surface area contributed by atoms with Gasteiger partial charge in [0.1, 0.15) is 0 Å². The van der Waals surface area contributed by atoms with Gasteiger partial charge in [-0.1, -0.05) is 0 Å². The van der Waals surface area contributed by atoms with Crippen molar-refractivity contribution in [2.75, 3.05) is 32.6 Å². The number of nitrogens with zero attached hydrogens (tertiary/aromatic N) is 1. The fraction of sp³-hybridized carbons (Fsp3) is 1.00. The van der Waals surface area contributed by atoms with Crippen molar-refractivity contribution in [2.24, 2.45) is 0 Å². The molecule has 0 aromatic heterocycles. The molecule has 1 saturated heterocycles. The molecule has 1 aliphatic heterocycles. The van der Waals surface area contributed by atoms with Crippen LogP contribution in [0.3, 0.4) is 0 Å². The largest absolute Gasteiger partial charge is 0.389 e. The molecule has 1 rings (SSSR count). The quantitative estimate of drug-likeness (QED) is 0.578. The van der Waals surface area contributed by atoms with Gasteiger partial charge in [0.25, 0.3) is 0 Å². The van der Waals surface area contributed by atoms with Gasteiger partial charge in [-0.05, 0) is 0 Å². The molecule has 0 radical (unpaired) electrons. The molecule has 2 N–H and O–H groups in total. The first-order chi connectivity index (χ1) is 6.47. The van der Waals surface area contributed by atoms with Gasteiger partial charge in [0.15, 0.2) is 0 Å². The van der Waals surface area contributed by atoms with Crippen LogP contribution < -0.4 is 0 Å². The highest BCUT2D eigenvalue weighted by Crippen LogP contribution is 2.14. The summed E-state index contributed by atoms with van der Waals surface area (Å²) >= 11 is 0. The van der Waals surface area contributed by atoms with Crippen molar-refractivity contribution in [3.63, 3.8) is 0 Å². The maximum atomic E-state index is 11.5. The van der Waals surface area contributed by atoms with Crippen molar-refractivity contribution < 1.29 is 23.4 Å². The van der Waals surface area contributed by atoms with Crippen LogP contribution in [-0.4, -0.2) is 67.7 Å². The summed E-state index contributed by atoms with van der Waals surface area (Å²) in [5, 5.41) is 18.3. The molecule has 0 saturated carbocycles. The molecule has 1 heterocycles. The van der Waals surface area contributed by atoms with E-state index in [-0.39, 0.29) is 25.4 Å². The Labute approximate surface area is 83.1 Å². The second-order valence-corrected chi connectivity index (χ2v) is 5.35. The monoisotopic (exact) mass is 225 g/mol. The van der Waals surface area contributed by atoms with E-state index in [0.717, 1.165) is 4.31 Å². The Morgan fingerprint density at radius 1 is 1.36 bits per heavy atom. The van der Waals surface area contributed by atoms with Crippen LogP contribution >= 0.6 is 0 Å². The molecule has 0 spiro atoms. The number of hydrogen-bond donors (Lipinski definition) is 2. The van der Waals surface area contributed by atoms with Gasteiger partial charge in [-0.2, -0.15) is 4.31 Å². The molecule has 7 heteroatoms. The van der Waals surface area contributed by atoms with Gasteiger partial charge in [-0.25, -0.2) is 8.42 Å². The van der Waals surface area contributed by atoms with Gasteiger partial charge in [0, 0.05) is 20.2 Å². The number of ether oxygens (including phenoxy) is 1. The first-order valence-electron chi connectivity index (χ1n) is 4.30. The molecule has 2 atom stereocenters. The Morgan fingerprint density at radius 3 is 2.29 bits per heavy atom. The highest BCUT2D eigenvalue weighted by molar-refractivity contribution is 7.89. The molecule has 1 fully saturated rings. The first kappa shape index (κ1) is 11.9. The number of methoxy groups -OCH3 is 1. The van der Waals surface area contributed by atoms with Crippen LogP contribution in [-0.2, 0) is 14.8 Å². The van der Waals surface area contributed by atoms with Crippen molar-refractivity contribution in [2.45, 2.75) is 12.2 Å². The van der Waals surface area contributed by atoms with Gasteiger partial charge < -0.3 is 14.9 Å². The lowest BCUT2D eigenvalue weighted by molar-refractivity contribution is 0.0572.